The summed E-state index contributed by atoms with van der Waals surface area (Å²) in [7, 11) is 1.97. The van der Waals surface area contributed by atoms with Gasteiger partial charge in [-0.05, 0) is 51.6 Å². The summed E-state index contributed by atoms with van der Waals surface area (Å²) < 4.78 is 1.87. The van der Waals surface area contributed by atoms with Gasteiger partial charge in [-0.25, -0.2) is 9.97 Å². The monoisotopic (exact) mass is 356 g/mol. The van der Waals surface area contributed by atoms with Gasteiger partial charge in [0.25, 0.3) is 0 Å². The molecule has 2 saturated heterocycles. The fourth-order valence-electron chi connectivity index (χ4n) is 4.56. The molecule has 142 valence electrons. The van der Waals surface area contributed by atoms with Crippen molar-refractivity contribution in [2.45, 2.75) is 58.4 Å². The zero-order valence-corrected chi connectivity index (χ0v) is 16.6. The molecule has 2 aromatic rings. The molecular formula is C20H32N6. The molecule has 2 fully saturated rings. The van der Waals surface area contributed by atoms with Crippen LogP contribution in [0.25, 0.3) is 11.0 Å². The van der Waals surface area contributed by atoms with Gasteiger partial charge in [0, 0.05) is 32.1 Å². The Balaban J connectivity index is 1.53. The van der Waals surface area contributed by atoms with Gasteiger partial charge in [-0.2, -0.15) is 5.10 Å². The van der Waals surface area contributed by atoms with Gasteiger partial charge in [0.15, 0.2) is 5.65 Å². The summed E-state index contributed by atoms with van der Waals surface area (Å²) in [5.74, 6) is 3.13. The summed E-state index contributed by atoms with van der Waals surface area (Å²) in [5.41, 5.74) is 0.950. The molecular weight excluding hydrogens is 324 g/mol. The molecule has 1 atom stereocenters. The number of rotatable bonds is 4. The van der Waals surface area contributed by atoms with Crippen LogP contribution in [0.5, 0.6) is 0 Å². The Morgan fingerprint density at radius 1 is 1.00 bits per heavy atom. The predicted octanol–water partition coefficient (Wildman–Crippen LogP) is 3.19. The first-order valence-electron chi connectivity index (χ1n) is 10.2. The van der Waals surface area contributed by atoms with E-state index in [0.29, 0.717) is 5.92 Å². The zero-order valence-electron chi connectivity index (χ0n) is 16.6. The Labute approximate surface area is 156 Å². The average molecular weight is 357 g/mol. The quantitative estimate of drug-likeness (QED) is 0.842. The van der Waals surface area contributed by atoms with E-state index in [0.717, 1.165) is 47.7 Å². The Bertz CT molecular complexity index is 753. The van der Waals surface area contributed by atoms with Crippen molar-refractivity contribution in [3.05, 3.63) is 12.0 Å². The minimum absolute atomic E-state index is 0.320. The fourth-order valence-corrected chi connectivity index (χ4v) is 4.56. The number of hydrogen-bond acceptors (Lipinski definition) is 5. The second-order valence-electron chi connectivity index (χ2n) is 8.37. The standard InChI is InChI=1S/C20H32N6/c1-14(2)18-22-19-17(13-21-24(19)4)20(23-18)26-11-7-16(8-12-26)15(3)25-9-5-6-10-25/h13-16H,5-12H2,1-4H3. The van der Waals surface area contributed by atoms with Crippen LogP contribution in [-0.2, 0) is 7.05 Å². The molecule has 0 N–H and O–H groups in total. The Hall–Kier alpha value is -1.69. The zero-order chi connectivity index (χ0) is 18.3. The van der Waals surface area contributed by atoms with Crippen molar-refractivity contribution < 1.29 is 0 Å². The summed E-state index contributed by atoms with van der Waals surface area (Å²) in [6, 6.07) is 0.717. The lowest BCUT2D eigenvalue weighted by Crippen LogP contribution is -2.43. The normalized spacial score (nSPS) is 21.2. The number of fused-ring (bicyclic) bond motifs is 1. The SMILES string of the molecule is CC(C)c1nc(N2CCC(C(C)N3CCCC3)CC2)c2cnn(C)c2n1. The first-order chi connectivity index (χ1) is 12.5. The van der Waals surface area contributed by atoms with Crippen LogP contribution in [0.2, 0.25) is 0 Å². The third-order valence-corrected chi connectivity index (χ3v) is 6.34. The molecule has 0 amide bonds. The van der Waals surface area contributed by atoms with Crippen molar-refractivity contribution in [2.75, 3.05) is 31.1 Å². The third-order valence-electron chi connectivity index (χ3n) is 6.34. The van der Waals surface area contributed by atoms with E-state index >= 15 is 0 Å². The van der Waals surface area contributed by atoms with Crippen LogP contribution >= 0.6 is 0 Å². The number of aryl methyl sites for hydroxylation is 1. The lowest BCUT2D eigenvalue weighted by molar-refractivity contribution is 0.167. The van der Waals surface area contributed by atoms with Gasteiger partial charge in [-0.15, -0.1) is 0 Å². The second kappa shape index (κ2) is 7.14. The maximum atomic E-state index is 4.94. The van der Waals surface area contributed by atoms with Gasteiger partial charge in [0.05, 0.1) is 11.6 Å². The fraction of sp³-hybridized carbons (Fsp3) is 0.750. The van der Waals surface area contributed by atoms with E-state index in [1.54, 1.807) is 0 Å². The lowest BCUT2D eigenvalue weighted by atomic mass is 9.89. The van der Waals surface area contributed by atoms with Gasteiger partial charge >= 0.3 is 0 Å². The van der Waals surface area contributed by atoms with E-state index in [1.165, 1.54) is 38.8 Å². The van der Waals surface area contributed by atoms with E-state index < -0.39 is 0 Å². The maximum absolute atomic E-state index is 4.94. The number of likely N-dealkylation sites (tertiary alicyclic amines) is 1. The molecule has 2 aliphatic heterocycles. The topological polar surface area (TPSA) is 50.1 Å². The minimum Gasteiger partial charge on any atom is -0.356 e. The van der Waals surface area contributed by atoms with Crippen molar-refractivity contribution in [3.8, 4) is 0 Å². The lowest BCUT2D eigenvalue weighted by Gasteiger charge is -2.39. The molecule has 0 aliphatic carbocycles. The highest BCUT2D eigenvalue weighted by Gasteiger charge is 2.30. The van der Waals surface area contributed by atoms with Crippen molar-refractivity contribution >= 4 is 16.9 Å². The van der Waals surface area contributed by atoms with E-state index in [-0.39, 0.29) is 0 Å². The van der Waals surface area contributed by atoms with Gasteiger partial charge < -0.3 is 9.80 Å². The first kappa shape index (κ1) is 17.7. The van der Waals surface area contributed by atoms with Crippen molar-refractivity contribution in [2.24, 2.45) is 13.0 Å². The second-order valence-corrected chi connectivity index (χ2v) is 8.37. The molecule has 2 aliphatic rings. The Morgan fingerprint density at radius 2 is 1.69 bits per heavy atom. The van der Waals surface area contributed by atoms with Crippen molar-refractivity contribution in [1.29, 1.82) is 0 Å². The van der Waals surface area contributed by atoms with Gasteiger partial charge in [0.2, 0.25) is 0 Å². The first-order valence-corrected chi connectivity index (χ1v) is 10.2. The van der Waals surface area contributed by atoms with Crippen molar-refractivity contribution in [3.63, 3.8) is 0 Å². The molecule has 6 nitrogen and oxygen atoms in total. The number of piperidine rings is 1. The molecule has 2 aromatic heterocycles. The highest BCUT2D eigenvalue weighted by atomic mass is 15.3. The molecule has 1 unspecified atom stereocenters. The van der Waals surface area contributed by atoms with Gasteiger partial charge in [-0.1, -0.05) is 13.8 Å². The Morgan fingerprint density at radius 3 is 2.35 bits per heavy atom. The molecule has 6 heteroatoms. The van der Waals surface area contributed by atoms with Crippen LogP contribution in [0.1, 0.15) is 58.2 Å². The molecule has 0 radical (unpaired) electrons. The molecule has 0 bridgehead atoms. The third kappa shape index (κ3) is 3.20. The van der Waals surface area contributed by atoms with E-state index in [1.807, 2.05) is 17.9 Å². The summed E-state index contributed by atoms with van der Waals surface area (Å²) in [6.45, 7) is 11.5. The molecule has 4 heterocycles. The van der Waals surface area contributed by atoms with Gasteiger partial charge in [-0.3, -0.25) is 4.68 Å². The summed E-state index contributed by atoms with van der Waals surface area (Å²) in [6.07, 6.45) is 7.18. The van der Waals surface area contributed by atoms with E-state index in [2.05, 4.69) is 35.7 Å². The maximum Gasteiger partial charge on any atom is 0.163 e. The van der Waals surface area contributed by atoms with Crippen LogP contribution in [0.3, 0.4) is 0 Å². The number of aromatic nitrogens is 4. The van der Waals surface area contributed by atoms with Crippen LogP contribution < -0.4 is 4.90 Å². The summed E-state index contributed by atoms with van der Waals surface area (Å²) in [5, 5.41) is 5.51. The average Bonchev–Trinajstić information content (AvgIpc) is 3.31. The summed E-state index contributed by atoms with van der Waals surface area (Å²) in [4.78, 5) is 14.8. The van der Waals surface area contributed by atoms with Crippen LogP contribution in [0, 0.1) is 5.92 Å². The van der Waals surface area contributed by atoms with Crippen molar-refractivity contribution in [1.82, 2.24) is 24.6 Å². The van der Waals surface area contributed by atoms with E-state index in [4.69, 9.17) is 9.97 Å². The van der Waals surface area contributed by atoms with Crippen LogP contribution in [0.15, 0.2) is 6.20 Å². The Kier molecular flexibility index (Phi) is 4.86. The highest BCUT2D eigenvalue weighted by Crippen LogP contribution is 2.31. The van der Waals surface area contributed by atoms with Crippen LogP contribution in [-0.4, -0.2) is 56.9 Å². The molecule has 0 spiro atoms. The van der Waals surface area contributed by atoms with E-state index in [9.17, 15) is 0 Å². The molecule has 0 aromatic carbocycles. The van der Waals surface area contributed by atoms with Crippen LogP contribution in [0.4, 0.5) is 5.82 Å². The smallest absolute Gasteiger partial charge is 0.163 e. The largest absolute Gasteiger partial charge is 0.356 e. The van der Waals surface area contributed by atoms with Gasteiger partial charge in [0.1, 0.15) is 11.6 Å². The molecule has 26 heavy (non-hydrogen) atoms. The number of nitrogens with zero attached hydrogens (tertiary/aromatic N) is 6. The number of anilines is 1. The minimum atomic E-state index is 0.320. The predicted molar refractivity (Wildman–Crippen MR) is 106 cm³/mol. The summed E-state index contributed by atoms with van der Waals surface area (Å²) >= 11 is 0. The molecule has 4 rings (SSSR count). The number of hydrogen-bond donors (Lipinski definition) is 0. The highest BCUT2D eigenvalue weighted by molar-refractivity contribution is 5.87. The molecule has 0 saturated carbocycles.